The Hall–Kier alpha value is -3.87. The predicted octanol–water partition coefficient (Wildman–Crippen LogP) is 5.06. The Kier molecular flexibility index (Phi) is 5.57. The molecule has 0 amide bonds. The standard InChI is InChI=1S/C25H25NO6/c1-14(2)32-23-11-16-8-9-26-19(25(28)31-5)12-17(24(26)18(16)13-22(23)30-4)15-6-7-20(27)21(10-15)29-3/h6-14,27H,1-5H3. The first kappa shape index (κ1) is 21.4. The fraction of sp³-hybridized carbons (Fsp3) is 0.240. The molecule has 0 unspecified atom stereocenters. The van der Waals surface area contributed by atoms with Gasteiger partial charge in [-0.1, -0.05) is 6.07 Å². The first-order valence-corrected chi connectivity index (χ1v) is 10.2. The third-order valence-corrected chi connectivity index (χ3v) is 5.28. The van der Waals surface area contributed by atoms with E-state index in [1.165, 1.54) is 14.2 Å². The highest BCUT2D eigenvalue weighted by atomic mass is 16.5. The zero-order valence-corrected chi connectivity index (χ0v) is 18.6. The summed E-state index contributed by atoms with van der Waals surface area (Å²) in [6, 6.07) is 12.6. The van der Waals surface area contributed by atoms with Gasteiger partial charge in [-0.3, -0.25) is 0 Å². The molecule has 0 radical (unpaired) electrons. The molecule has 0 atom stereocenters. The topological polar surface area (TPSA) is 78.6 Å². The molecule has 7 nitrogen and oxygen atoms in total. The number of pyridine rings is 1. The average Bonchev–Trinajstić information content (AvgIpc) is 3.18. The van der Waals surface area contributed by atoms with Gasteiger partial charge in [0.2, 0.25) is 0 Å². The summed E-state index contributed by atoms with van der Waals surface area (Å²) in [5.41, 5.74) is 2.74. The van der Waals surface area contributed by atoms with Crippen molar-refractivity contribution in [2.75, 3.05) is 21.3 Å². The van der Waals surface area contributed by atoms with Crippen LogP contribution in [0.5, 0.6) is 23.0 Å². The third kappa shape index (κ3) is 3.56. The van der Waals surface area contributed by atoms with Gasteiger partial charge >= 0.3 is 5.97 Å². The van der Waals surface area contributed by atoms with Gasteiger partial charge in [-0.2, -0.15) is 0 Å². The number of phenols is 1. The van der Waals surface area contributed by atoms with Crippen LogP contribution in [0.4, 0.5) is 0 Å². The molecule has 0 fully saturated rings. The maximum absolute atomic E-state index is 12.5. The fourth-order valence-electron chi connectivity index (χ4n) is 3.86. The van der Waals surface area contributed by atoms with Crippen LogP contribution >= 0.6 is 0 Å². The number of hydrogen-bond donors (Lipinski definition) is 1. The molecule has 4 rings (SSSR count). The second-order valence-corrected chi connectivity index (χ2v) is 7.61. The molecular formula is C25H25NO6. The van der Waals surface area contributed by atoms with Gasteiger partial charge in [0.05, 0.1) is 33.0 Å². The molecule has 0 bridgehead atoms. The summed E-state index contributed by atoms with van der Waals surface area (Å²) in [6.45, 7) is 3.91. The van der Waals surface area contributed by atoms with Gasteiger partial charge < -0.3 is 28.5 Å². The van der Waals surface area contributed by atoms with Crippen molar-refractivity contribution in [3.8, 4) is 34.1 Å². The Bertz CT molecular complexity index is 1320. The van der Waals surface area contributed by atoms with Crippen LogP contribution in [0.15, 0.2) is 48.7 Å². The van der Waals surface area contributed by atoms with Crippen molar-refractivity contribution in [3.05, 3.63) is 54.4 Å². The molecule has 7 heteroatoms. The number of carbonyl (C=O) groups is 1. The summed E-state index contributed by atoms with van der Waals surface area (Å²) in [5, 5.41) is 11.8. The lowest BCUT2D eigenvalue weighted by Gasteiger charge is -2.16. The molecular weight excluding hydrogens is 410 g/mol. The molecule has 2 heterocycles. The molecule has 2 aromatic heterocycles. The summed E-state index contributed by atoms with van der Waals surface area (Å²) in [4.78, 5) is 12.5. The van der Waals surface area contributed by atoms with E-state index < -0.39 is 5.97 Å². The van der Waals surface area contributed by atoms with Crippen LogP contribution in [0.3, 0.4) is 0 Å². The summed E-state index contributed by atoms with van der Waals surface area (Å²) >= 11 is 0. The molecule has 0 aliphatic carbocycles. The molecule has 32 heavy (non-hydrogen) atoms. The first-order chi connectivity index (χ1) is 15.4. The molecule has 0 aliphatic heterocycles. The van der Waals surface area contributed by atoms with E-state index in [4.69, 9.17) is 18.9 Å². The zero-order chi connectivity index (χ0) is 23.0. The number of carbonyl (C=O) groups excluding carboxylic acids is 1. The van der Waals surface area contributed by atoms with E-state index in [1.807, 2.05) is 38.2 Å². The van der Waals surface area contributed by atoms with Crippen LogP contribution in [0, 0.1) is 0 Å². The van der Waals surface area contributed by atoms with Crippen LogP contribution in [-0.4, -0.2) is 42.9 Å². The lowest BCUT2D eigenvalue weighted by molar-refractivity contribution is 0.0593. The molecule has 4 aromatic rings. The molecule has 166 valence electrons. The van der Waals surface area contributed by atoms with Crippen LogP contribution in [0.25, 0.3) is 27.4 Å². The van der Waals surface area contributed by atoms with Crippen molar-refractivity contribution in [2.24, 2.45) is 0 Å². The number of nitrogens with zero attached hydrogens (tertiary/aromatic N) is 1. The van der Waals surface area contributed by atoms with E-state index in [1.54, 1.807) is 35.8 Å². The van der Waals surface area contributed by atoms with Crippen molar-refractivity contribution in [3.63, 3.8) is 0 Å². The summed E-state index contributed by atoms with van der Waals surface area (Å²) in [7, 11) is 4.44. The monoisotopic (exact) mass is 435 g/mol. The molecule has 2 aromatic carbocycles. The van der Waals surface area contributed by atoms with Gasteiger partial charge in [0, 0.05) is 17.1 Å². The Morgan fingerprint density at radius 2 is 1.69 bits per heavy atom. The van der Waals surface area contributed by atoms with Gasteiger partial charge in [0.25, 0.3) is 0 Å². The number of hydrogen-bond acceptors (Lipinski definition) is 6. The van der Waals surface area contributed by atoms with Crippen molar-refractivity contribution < 1.29 is 28.8 Å². The second-order valence-electron chi connectivity index (χ2n) is 7.61. The highest BCUT2D eigenvalue weighted by Gasteiger charge is 2.21. The number of phenolic OH excluding ortho intramolecular Hbond substituents is 1. The maximum Gasteiger partial charge on any atom is 0.355 e. The lowest BCUT2D eigenvalue weighted by Crippen LogP contribution is -2.07. The number of aromatic nitrogens is 1. The average molecular weight is 435 g/mol. The molecule has 0 spiro atoms. The number of ether oxygens (including phenoxy) is 4. The van der Waals surface area contributed by atoms with E-state index >= 15 is 0 Å². The van der Waals surface area contributed by atoms with Gasteiger partial charge in [-0.05, 0) is 61.2 Å². The van der Waals surface area contributed by atoms with Gasteiger partial charge in [-0.25, -0.2) is 4.79 Å². The quantitative estimate of drug-likeness (QED) is 0.427. The zero-order valence-electron chi connectivity index (χ0n) is 18.6. The minimum absolute atomic E-state index is 0.00988. The Morgan fingerprint density at radius 3 is 2.34 bits per heavy atom. The van der Waals surface area contributed by atoms with Crippen LogP contribution in [0.2, 0.25) is 0 Å². The number of esters is 1. The number of methoxy groups -OCH3 is 3. The number of fused-ring (bicyclic) bond motifs is 3. The molecule has 0 aliphatic rings. The predicted molar refractivity (Wildman–Crippen MR) is 122 cm³/mol. The lowest BCUT2D eigenvalue weighted by atomic mass is 10.0. The van der Waals surface area contributed by atoms with Crippen molar-refractivity contribution >= 4 is 22.3 Å². The van der Waals surface area contributed by atoms with E-state index in [-0.39, 0.29) is 11.9 Å². The highest BCUT2D eigenvalue weighted by molar-refractivity contribution is 6.07. The maximum atomic E-state index is 12.5. The number of rotatable bonds is 6. The van der Waals surface area contributed by atoms with E-state index in [0.29, 0.717) is 22.9 Å². The smallest absolute Gasteiger partial charge is 0.355 e. The minimum atomic E-state index is -0.455. The van der Waals surface area contributed by atoms with Gasteiger partial charge in [0.15, 0.2) is 23.0 Å². The first-order valence-electron chi connectivity index (χ1n) is 10.2. The third-order valence-electron chi connectivity index (χ3n) is 5.28. The Balaban J connectivity index is 2.08. The largest absolute Gasteiger partial charge is 0.504 e. The fourth-order valence-corrected chi connectivity index (χ4v) is 3.86. The summed E-state index contributed by atoms with van der Waals surface area (Å²) in [6.07, 6.45) is 1.82. The second kappa shape index (κ2) is 8.34. The van der Waals surface area contributed by atoms with E-state index in [0.717, 1.165) is 27.4 Å². The minimum Gasteiger partial charge on any atom is -0.504 e. The normalized spacial score (nSPS) is 11.2. The van der Waals surface area contributed by atoms with Crippen molar-refractivity contribution in [2.45, 2.75) is 20.0 Å². The summed E-state index contributed by atoms with van der Waals surface area (Å²) < 4.78 is 23.6. The van der Waals surface area contributed by atoms with Crippen molar-refractivity contribution in [1.29, 1.82) is 0 Å². The Labute approximate surface area is 185 Å². The molecule has 0 saturated carbocycles. The SMILES string of the molecule is COC(=O)c1cc(-c2ccc(O)c(OC)c2)c2c3cc(OC)c(OC(C)C)cc3ccn12. The van der Waals surface area contributed by atoms with Crippen LogP contribution < -0.4 is 14.2 Å². The van der Waals surface area contributed by atoms with Crippen molar-refractivity contribution in [1.82, 2.24) is 4.40 Å². The molecule has 0 saturated heterocycles. The number of benzene rings is 2. The van der Waals surface area contributed by atoms with Gasteiger partial charge in [-0.15, -0.1) is 0 Å². The van der Waals surface area contributed by atoms with E-state index in [9.17, 15) is 9.90 Å². The molecule has 1 N–H and O–H groups in total. The van der Waals surface area contributed by atoms with Gasteiger partial charge in [0.1, 0.15) is 5.69 Å². The summed E-state index contributed by atoms with van der Waals surface area (Å²) in [5.74, 6) is 1.16. The number of aromatic hydroxyl groups is 1. The van der Waals surface area contributed by atoms with Crippen LogP contribution in [0.1, 0.15) is 24.3 Å². The van der Waals surface area contributed by atoms with E-state index in [2.05, 4.69) is 0 Å². The highest BCUT2D eigenvalue weighted by Crippen LogP contribution is 2.40. The van der Waals surface area contributed by atoms with Crippen LogP contribution in [-0.2, 0) is 4.74 Å². The Morgan fingerprint density at radius 1 is 0.938 bits per heavy atom.